The smallest absolute Gasteiger partial charge is 0.337 e. The highest BCUT2D eigenvalue weighted by Gasteiger charge is 2.38. The number of benzene rings is 3. The van der Waals surface area contributed by atoms with E-state index in [9.17, 15) is 9.90 Å². The third-order valence-electron chi connectivity index (χ3n) is 12.1. The van der Waals surface area contributed by atoms with Crippen molar-refractivity contribution in [1.82, 2.24) is 23.8 Å². The van der Waals surface area contributed by atoms with Crippen LogP contribution < -0.4 is 15.0 Å². The van der Waals surface area contributed by atoms with Crippen LogP contribution in [0.25, 0.3) is 32.9 Å². The van der Waals surface area contributed by atoms with Gasteiger partial charge in [-0.3, -0.25) is 9.48 Å². The maximum atomic E-state index is 15.4. The van der Waals surface area contributed by atoms with Gasteiger partial charge in [0.25, 0.3) is 5.91 Å². The summed E-state index contributed by atoms with van der Waals surface area (Å²) in [6.45, 7) is 14.7. The molecular formula is C45H51Cl2N7O4. The first-order valence-corrected chi connectivity index (χ1v) is 20.9. The Morgan fingerprint density at radius 2 is 1.71 bits per heavy atom. The predicted molar refractivity (Wildman–Crippen MR) is 234 cm³/mol. The maximum absolute atomic E-state index is 15.4. The lowest BCUT2D eigenvalue weighted by molar-refractivity contribution is 0.0698. The lowest BCUT2D eigenvalue weighted by Crippen LogP contribution is -2.43. The van der Waals surface area contributed by atoms with Gasteiger partial charge in [-0.15, -0.1) is 0 Å². The molecule has 1 unspecified atom stereocenters. The number of fused-ring (bicyclic) bond motifs is 4. The second-order valence-corrected chi connectivity index (χ2v) is 16.9. The Bertz CT molecular complexity index is 2590. The number of ether oxygens (including phenoxy) is 1. The molecule has 0 saturated carbocycles. The van der Waals surface area contributed by atoms with E-state index in [1.165, 1.54) is 12.8 Å². The fraction of sp³-hybridized carbons (Fsp3) is 0.400. The van der Waals surface area contributed by atoms with E-state index in [2.05, 4.69) is 21.7 Å². The number of carbonyl (C=O) groups is 2. The maximum Gasteiger partial charge on any atom is 0.337 e. The van der Waals surface area contributed by atoms with Gasteiger partial charge >= 0.3 is 5.97 Å². The molecule has 1 amide bonds. The summed E-state index contributed by atoms with van der Waals surface area (Å²) in [7, 11) is 3.78. The Morgan fingerprint density at radius 1 is 0.983 bits per heavy atom. The molecule has 2 aliphatic heterocycles. The number of rotatable bonds is 12. The van der Waals surface area contributed by atoms with Crippen molar-refractivity contribution in [3.63, 3.8) is 0 Å². The Labute approximate surface area is 349 Å². The number of nitrogens with one attached hydrogen (secondary N) is 1. The van der Waals surface area contributed by atoms with Crippen LogP contribution in [0, 0.1) is 27.7 Å². The third-order valence-corrected chi connectivity index (χ3v) is 13.0. The molecule has 2 N–H and O–H groups in total. The number of carbonyl (C=O) groups excluding carboxylic acids is 1. The molecule has 2 aliphatic rings. The molecular weight excluding hydrogens is 773 g/mol. The summed E-state index contributed by atoms with van der Waals surface area (Å²) in [6, 6.07) is 11.6. The summed E-state index contributed by atoms with van der Waals surface area (Å²) in [5, 5.41) is 21.5. The van der Waals surface area contributed by atoms with Crippen LogP contribution in [0.1, 0.15) is 81.2 Å². The molecule has 3 aromatic heterocycles. The van der Waals surface area contributed by atoms with Gasteiger partial charge in [-0.2, -0.15) is 5.10 Å². The van der Waals surface area contributed by atoms with Crippen LogP contribution in [0.5, 0.6) is 5.75 Å². The zero-order valence-corrected chi connectivity index (χ0v) is 35.8. The van der Waals surface area contributed by atoms with Gasteiger partial charge in [0.1, 0.15) is 11.4 Å². The Morgan fingerprint density at radius 3 is 2.38 bits per heavy atom. The van der Waals surface area contributed by atoms with Crippen LogP contribution in [0.4, 0.5) is 11.4 Å². The number of carboxylic acids is 1. The Kier molecular flexibility index (Phi) is 10.8. The van der Waals surface area contributed by atoms with Gasteiger partial charge in [-0.25, -0.2) is 4.79 Å². The van der Waals surface area contributed by atoms with E-state index in [-0.39, 0.29) is 17.5 Å². The normalized spacial score (nSPS) is 15.9. The van der Waals surface area contributed by atoms with Gasteiger partial charge in [-0.1, -0.05) is 29.3 Å². The molecule has 1 atom stereocenters. The molecule has 304 valence electrons. The van der Waals surface area contributed by atoms with E-state index in [1.54, 1.807) is 6.20 Å². The number of aromatic carboxylic acids is 1. The van der Waals surface area contributed by atoms with Crippen LogP contribution in [0.2, 0.25) is 10.0 Å². The highest BCUT2D eigenvalue weighted by molar-refractivity contribution is 6.35. The Balaban J connectivity index is 1.25. The first-order valence-electron chi connectivity index (χ1n) is 20.1. The van der Waals surface area contributed by atoms with Gasteiger partial charge in [0.15, 0.2) is 0 Å². The minimum Gasteiger partial charge on any atom is -0.494 e. The van der Waals surface area contributed by atoms with Crippen LogP contribution in [0.15, 0.2) is 42.6 Å². The van der Waals surface area contributed by atoms with Crippen molar-refractivity contribution in [3.8, 4) is 16.9 Å². The molecule has 0 bridgehead atoms. The molecule has 58 heavy (non-hydrogen) atoms. The number of carboxylic acid groups (broad SMARTS) is 1. The van der Waals surface area contributed by atoms with Gasteiger partial charge in [0, 0.05) is 84.3 Å². The quantitative estimate of drug-likeness (QED) is 0.118. The molecule has 6 aromatic rings. The van der Waals surface area contributed by atoms with Crippen molar-refractivity contribution in [2.24, 2.45) is 14.1 Å². The van der Waals surface area contributed by atoms with E-state index < -0.39 is 5.97 Å². The highest BCUT2D eigenvalue weighted by Crippen LogP contribution is 2.46. The van der Waals surface area contributed by atoms with Gasteiger partial charge < -0.3 is 34.1 Å². The van der Waals surface area contributed by atoms with Crippen LogP contribution >= 0.6 is 23.2 Å². The molecule has 0 radical (unpaired) electrons. The second kappa shape index (κ2) is 15.7. The SMILES string of the molecule is Cc1cc(OCCCc2c3n(c4c(-c5c(C)nn(C)c5C)c(Cl)ccc24)C(C)CN(c2cc(NCCN4CCCC4)cc4c(C(=O)O)cn(C)c24)C3=O)cc(C)c1Cl. The van der Waals surface area contributed by atoms with E-state index in [0.717, 1.165) is 86.2 Å². The average molecular weight is 825 g/mol. The lowest BCUT2D eigenvalue weighted by Gasteiger charge is -2.35. The number of likely N-dealkylation sites (tertiary alicyclic amines) is 1. The van der Waals surface area contributed by atoms with Crippen molar-refractivity contribution < 1.29 is 19.4 Å². The standard InChI is InChI=1S/C45H51Cl2N7O4/c1-25-19-31(20-26(2)40(25)47)58-18-10-11-32-33-12-13-36(46)39(38-28(4)49-51(7)29(38)5)42(33)54-27(3)23-53(44(55)43(32)54)37-22-30(48-14-17-52-15-8-9-16-52)21-34-35(45(56)57)24-50(6)41(34)37/h12-13,19-22,24,27,48H,8-11,14-18,23H2,1-7H3,(H,56,57). The predicted octanol–water partition coefficient (Wildman–Crippen LogP) is 9.51. The summed E-state index contributed by atoms with van der Waals surface area (Å²) in [4.78, 5) is 32.3. The molecule has 8 rings (SSSR count). The number of aromatic nitrogens is 4. The summed E-state index contributed by atoms with van der Waals surface area (Å²) in [5.74, 6) is -0.399. The molecule has 11 nitrogen and oxygen atoms in total. The largest absolute Gasteiger partial charge is 0.494 e. The molecule has 0 aliphatic carbocycles. The van der Waals surface area contributed by atoms with E-state index >= 15 is 4.79 Å². The van der Waals surface area contributed by atoms with Crippen molar-refractivity contribution in [3.05, 3.63) is 92.0 Å². The third kappa shape index (κ3) is 6.90. The molecule has 0 spiro atoms. The second-order valence-electron chi connectivity index (χ2n) is 16.1. The average Bonchev–Trinajstić information content (AvgIpc) is 3.95. The zero-order valence-electron chi connectivity index (χ0n) is 34.3. The highest BCUT2D eigenvalue weighted by atomic mass is 35.5. The number of aryl methyl sites for hydroxylation is 6. The van der Waals surface area contributed by atoms with Gasteiger partial charge in [0.2, 0.25) is 0 Å². The summed E-state index contributed by atoms with van der Waals surface area (Å²) in [5.41, 5.74) is 10.4. The number of hydrogen-bond donors (Lipinski definition) is 2. The monoisotopic (exact) mass is 823 g/mol. The Hall–Kier alpha value is -4.97. The minimum atomic E-state index is -1.01. The van der Waals surface area contributed by atoms with Gasteiger partial charge in [0.05, 0.1) is 39.6 Å². The molecule has 5 heterocycles. The number of nitrogens with zero attached hydrogens (tertiary/aromatic N) is 6. The first-order chi connectivity index (χ1) is 27.7. The van der Waals surface area contributed by atoms with Crippen molar-refractivity contribution in [2.75, 3.05) is 49.5 Å². The number of amides is 1. The number of anilines is 2. The zero-order chi connectivity index (χ0) is 41.2. The first kappa shape index (κ1) is 39.8. The minimum absolute atomic E-state index is 0.149. The fourth-order valence-electron chi connectivity index (χ4n) is 9.30. The lowest BCUT2D eigenvalue weighted by atomic mass is 9.98. The number of hydrogen-bond acceptors (Lipinski definition) is 6. The van der Waals surface area contributed by atoms with Crippen molar-refractivity contribution >= 4 is 68.3 Å². The molecule has 1 saturated heterocycles. The fourth-order valence-corrected chi connectivity index (χ4v) is 9.66. The molecule has 1 fully saturated rings. The summed E-state index contributed by atoms with van der Waals surface area (Å²) in [6.07, 6.45) is 5.28. The summed E-state index contributed by atoms with van der Waals surface area (Å²) >= 11 is 13.6. The number of halogens is 2. The molecule has 3 aromatic carbocycles. The van der Waals surface area contributed by atoms with E-state index in [1.807, 2.05) is 92.3 Å². The summed E-state index contributed by atoms with van der Waals surface area (Å²) < 4.78 is 12.2. The van der Waals surface area contributed by atoms with E-state index in [0.29, 0.717) is 59.8 Å². The molecule has 13 heteroatoms. The van der Waals surface area contributed by atoms with Crippen LogP contribution in [-0.4, -0.2) is 80.1 Å². The topological polar surface area (TPSA) is 110 Å². The van der Waals surface area contributed by atoms with Crippen LogP contribution in [0.3, 0.4) is 0 Å². The van der Waals surface area contributed by atoms with Crippen molar-refractivity contribution in [2.45, 2.75) is 66.3 Å². The van der Waals surface area contributed by atoms with Crippen molar-refractivity contribution in [1.29, 1.82) is 0 Å². The van der Waals surface area contributed by atoms with Crippen LogP contribution in [-0.2, 0) is 20.5 Å². The van der Waals surface area contributed by atoms with E-state index in [4.69, 9.17) is 33.0 Å². The van der Waals surface area contributed by atoms with Gasteiger partial charge in [-0.05, 0) is 120 Å².